The molecule has 3 aromatic rings. The van der Waals surface area contributed by atoms with Crippen molar-refractivity contribution in [3.8, 4) is 0 Å². The number of amides is 1. The first-order valence-corrected chi connectivity index (χ1v) is 7.69. The Morgan fingerprint density at radius 2 is 1.82 bits per heavy atom. The molecule has 0 aliphatic rings. The highest BCUT2D eigenvalue weighted by Gasteiger charge is 2.14. The summed E-state index contributed by atoms with van der Waals surface area (Å²) in [5.41, 5.74) is 4.68. The number of hydrogen-bond acceptors (Lipinski definition) is 4. The highest BCUT2D eigenvalue weighted by atomic mass is 32.1. The molecule has 0 atom stereocenters. The van der Waals surface area contributed by atoms with E-state index in [2.05, 4.69) is 5.32 Å². The summed E-state index contributed by atoms with van der Waals surface area (Å²) in [5, 5.41) is 2.91. The molecule has 0 saturated carbocycles. The van der Waals surface area contributed by atoms with Gasteiger partial charge in [-0.25, -0.2) is 4.79 Å². The van der Waals surface area contributed by atoms with Crippen molar-refractivity contribution in [2.75, 3.05) is 5.32 Å². The van der Waals surface area contributed by atoms with Crippen molar-refractivity contribution in [2.45, 2.75) is 20.8 Å². The zero-order valence-corrected chi connectivity index (χ0v) is 13.3. The van der Waals surface area contributed by atoms with E-state index in [-0.39, 0.29) is 10.8 Å². The molecule has 4 nitrogen and oxygen atoms in total. The summed E-state index contributed by atoms with van der Waals surface area (Å²) < 4.78 is 5.97. The van der Waals surface area contributed by atoms with E-state index in [0.29, 0.717) is 16.8 Å². The Hall–Kier alpha value is -2.40. The quantitative estimate of drug-likeness (QED) is 0.777. The fourth-order valence-corrected chi connectivity index (χ4v) is 3.18. The lowest BCUT2D eigenvalue weighted by Gasteiger charge is -2.10. The fourth-order valence-electron chi connectivity index (χ4n) is 2.33. The summed E-state index contributed by atoms with van der Waals surface area (Å²) >= 11 is 1.06. The fraction of sp³-hybridized carbons (Fsp3) is 0.176. The third-order valence-corrected chi connectivity index (χ3v) is 4.55. The Morgan fingerprint density at radius 1 is 1.14 bits per heavy atom. The summed E-state index contributed by atoms with van der Waals surface area (Å²) in [5.74, 6) is -0.169. The van der Waals surface area contributed by atoms with Crippen LogP contribution >= 0.6 is 11.3 Å². The Morgan fingerprint density at radius 3 is 2.50 bits per heavy atom. The van der Waals surface area contributed by atoms with E-state index < -0.39 is 0 Å². The summed E-state index contributed by atoms with van der Waals surface area (Å²) in [7, 11) is 0. The molecule has 0 spiro atoms. The van der Waals surface area contributed by atoms with Crippen LogP contribution in [0.3, 0.4) is 0 Å². The zero-order valence-electron chi connectivity index (χ0n) is 12.5. The highest BCUT2D eigenvalue weighted by Crippen LogP contribution is 2.31. The van der Waals surface area contributed by atoms with Crippen LogP contribution in [0.25, 0.3) is 10.3 Å². The second kappa shape index (κ2) is 5.42. The van der Waals surface area contributed by atoms with Crippen molar-refractivity contribution in [3.63, 3.8) is 0 Å². The molecule has 0 radical (unpaired) electrons. The van der Waals surface area contributed by atoms with Crippen LogP contribution < -0.4 is 10.3 Å². The molecule has 5 heteroatoms. The average Bonchev–Trinajstić information content (AvgIpc) is 2.88. The molecule has 3 rings (SSSR count). The first-order chi connectivity index (χ1) is 10.5. The molecule has 0 fully saturated rings. The van der Waals surface area contributed by atoms with Crippen LogP contribution in [0.15, 0.2) is 39.5 Å². The Balaban J connectivity index is 2.00. The summed E-state index contributed by atoms with van der Waals surface area (Å²) in [6.07, 6.45) is 0. The van der Waals surface area contributed by atoms with E-state index in [1.54, 1.807) is 12.1 Å². The molecule has 0 aliphatic heterocycles. The van der Waals surface area contributed by atoms with Gasteiger partial charge in [-0.2, -0.15) is 0 Å². The van der Waals surface area contributed by atoms with Gasteiger partial charge < -0.3 is 9.73 Å². The molecule has 0 bridgehead atoms. The first kappa shape index (κ1) is 14.5. The van der Waals surface area contributed by atoms with Gasteiger partial charge in [0.2, 0.25) is 0 Å². The summed E-state index contributed by atoms with van der Waals surface area (Å²) in [6.45, 7) is 5.71. The molecule has 1 heterocycles. The van der Waals surface area contributed by atoms with Crippen LogP contribution in [0, 0.1) is 20.8 Å². The van der Waals surface area contributed by atoms with Crippen LogP contribution in [-0.2, 0) is 0 Å². The third kappa shape index (κ3) is 2.55. The van der Waals surface area contributed by atoms with Gasteiger partial charge in [-0.05, 0) is 50.1 Å². The SMILES string of the molecule is Cc1ccc(C(=O)Nc2cc(C)c3oc(=O)sc3c2C)cc1. The second-order valence-electron chi connectivity index (χ2n) is 5.30. The molecule has 112 valence electrons. The van der Waals surface area contributed by atoms with Gasteiger partial charge in [0.1, 0.15) is 0 Å². The van der Waals surface area contributed by atoms with E-state index in [1.165, 1.54) is 0 Å². The van der Waals surface area contributed by atoms with E-state index in [4.69, 9.17) is 4.42 Å². The van der Waals surface area contributed by atoms with Crippen molar-refractivity contribution in [1.82, 2.24) is 0 Å². The highest BCUT2D eigenvalue weighted by molar-refractivity contribution is 7.16. The lowest BCUT2D eigenvalue weighted by molar-refractivity contribution is 0.102. The Kier molecular flexibility index (Phi) is 3.58. The number of carbonyl (C=O) groups is 1. The number of nitrogens with one attached hydrogen (secondary N) is 1. The Bertz CT molecular complexity index is 919. The van der Waals surface area contributed by atoms with Crippen molar-refractivity contribution in [2.24, 2.45) is 0 Å². The number of fused-ring (bicyclic) bond motifs is 1. The van der Waals surface area contributed by atoms with Gasteiger partial charge in [-0.3, -0.25) is 4.79 Å². The van der Waals surface area contributed by atoms with Crippen LogP contribution in [0.1, 0.15) is 27.0 Å². The van der Waals surface area contributed by atoms with Crippen LogP contribution in [0.4, 0.5) is 5.69 Å². The third-order valence-electron chi connectivity index (χ3n) is 3.60. The van der Waals surface area contributed by atoms with Gasteiger partial charge in [0, 0.05) is 11.3 Å². The van der Waals surface area contributed by atoms with Gasteiger partial charge in [-0.15, -0.1) is 0 Å². The number of hydrogen-bond donors (Lipinski definition) is 1. The largest absolute Gasteiger partial charge is 0.414 e. The predicted octanol–water partition coefficient (Wildman–Crippen LogP) is 4.03. The van der Waals surface area contributed by atoms with Gasteiger partial charge in [-0.1, -0.05) is 29.0 Å². The molecule has 0 unspecified atom stereocenters. The topological polar surface area (TPSA) is 59.3 Å². The van der Waals surface area contributed by atoms with Crippen molar-refractivity contribution in [3.05, 3.63) is 62.3 Å². The summed E-state index contributed by atoms with van der Waals surface area (Å²) in [4.78, 5) is 23.5. The minimum absolute atomic E-state index is 0.169. The molecular weight excluding hydrogens is 298 g/mol. The first-order valence-electron chi connectivity index (χ1n) is 6.87. The van der Waals surface area contributed by atoms with Crippen LogP contribution in [0.5, 0.6) is 0 Å². The maximum Gasteiger partial charge on any atom is 0.396 e. The van der Waals surface area contributed by atoms with Crippen LogP contribution in [0.2, 0.25) is 0 Å². The van der Waals surface area contributed by atoms with Gasteiger partial charge in [0.25, 0.3) is 5.91 Å². The Labute approximate surface area is 131 Å². The number of benzene rings is 2. The van der Waals surface area contributed by atoms with Gasteiger partial charge in [0.05, 0.1) is 4.70 Å². The van der Waals surface area contributed by atoms with E-state index in [1.807, 2.05) is 39.0 Å². The predicted molar refractivity (Wildman–Crippen MR) is 89.0 cm³/mol. The zero-order chi connectivity index (χ0) is 15.9. The van der Waals surface area contributed by atoms with E-state index in [9.17, 15) is 9.59 Å². The smallest absolute Gasteiger partial charge is 0.396 e. The summed E-state index contributed by atoms with van der Waals surface area (Å²) in [6, 6.07) is 9.22. The lowest BCUT2D eigenvalue weighted by Crippen LogP contribution is -2.12. The number of aryl methyl sites for hydroxylation is 3. The molecule has 1 amide bonds. The average molecular weight is 313 g/mol. The number of rotatable bonds is 2. The number of anilines is 1. The molecule has 22 heavy (non-hydrogen) atoms. The van der Waals surface area contributed by atoms with Crippen molar-refractivity contribution < 1.29 is 9.21 Å². The van der Waals surface area contributed by atoms with Crippen LogP contribution in [-0.4, -0.2) is 5.91 Å². The molecular formula is C17H15NO3S. The maximum absolute atomic E-state index is 12.3. The molecule has 0 saturated heterocycles. The normalized spacial score (nSPS) is 10.9. The van der Waals surface area contributed by atoms with Crippen molar-refractivity contribution >= 4 is 33.2 Å². The minimum Gasteiger partial charge on any atom is -0.414 e. The molecule has 1 N–H and O–H groups in total. The monoisotopic (exact) mass is 313 g/mol. The lowest BCUT2D eigenvalue weighted by atomic mass is 10.1. The number of carbonyl (C=O) groups excluding carboxylic acids is 1. The van der Waals surface area contributed by atoms with Gasteiger partial charge in [0.15, 0.2) is 5.58 Å². The van der Waals surface area contributed by atoms with E-state index in [0.717, 1.165) is 32.7 Å². The minimum atomic E-state index is -0.330. The maximum atomic E-state index is 12.3. The molecule has 1 aromatic heterocycles. The molecule has 2 aromatic carbocycles. The standard InChI is InChI=1S/C17H15NO3S/c1-9-4-6-12(7-5-9)16(19)18-13-8-10(2)14-15(11(13)3)22-17(20)21-14/h4-8H,1-3H3,(H,18,19). The van der Waals surface area contributed by atoms with Crippen molar-refractivity contribution in [1.29, 1.82) is 0 Å². The second-order valence-corrected chi connectivity index (χ2v) is 6.24. The van der Waals surface area contributed by atoms with E-state index >= 15 is 0 Å². The van der Waals surface area contributed by atoms with Gasteiger partial charge >= 0.3 is 4.94 Å². The molecule has 0 aliphatic carbocycles.